The minimum absolute atomic E-state index is 0.0136. The van der Waals surface area contributed by atoms with E-state index in [2.05, 4.69) is 4.98 Å². The number of likely N-dealkylation sites (tertiary alicyclic amines) is 1. The number of hydrogen-bond donors (Lipinski definition) is 1. The van der Waals surface area contributed by atoms with Crippen LogP contribution in [0, 0.1) is 13.8 Å². The number of amides is 1. The van der Waals surface area contributed by atoms with E-state index in [0.717, 1.165) is 12.1 Å². The number of aliphatic hydroxyl groups is 1. The highest BCUT2D eigenvalue weighted by molar-refractivity contribution is 6.46. The summed E-state index contributed by atoms with van der Waals surface area (Å²) >= 11 is 12.4. The molecular weight excluding hydrogens is 475 g/mol. The fourth-order valence-electron chi connectivity index (χ4n) is 4.43. The van der Waals surface area contributed by atoms with Crippen molar-refractivity contribution in [1.29, 1.82) is 0 Å². The molecule has 1 aromatic carbocycles. The number of aromatic nitrogens is 2. The highest BCUT2D eigenvalue weighted by Gasteiger charge is 2.46. The fraction of sp³-hybridized carbons (Fsp3) is 0.320. The molecule has 178 valence electrons. The minimum Gasteiger partial charge on any atom is -0.505 e. The summed E-state index contributed by atoms with van der Waals surface area (Å²) in [6, 6.07) is 7.95. The van der Waals surface area contributed by atoms with E-state index in [-0.39, 0.29) is 11.3 Å². The molecule has 0 radical (unpaired) electrons. The van der Waals surface area contributed by atoms with Gasteiger partial charge in [-0.25, -0.2) is 4.98 Å². The van der Waals surface area contributed by atoms with Crippen molar-refractivity contribution in [2.75, 3.05) is 27.2 Å². The van der Waals surface area contributed by atoms with Crippen molar-refractivity contribution in [2.24, 2.45) is 0 Å². The van der Waals surface area contributed by atoms with Gasteiger partial charge in [0.25, 0.3) is 11.7 Å². The van der Waals surface area contributed by atoms with Gasteiger partial charge in [-0.05, 0) is 70.2 Å². The van der Waals surface area contributed by atoms with E-state index in [9.17, 15) is 14.7 Å². The number of rotatable bonds is 6. The summed E-state index contributed by atoms with van der Waals surface area (Å²) in [4.78, 5) is 34.5. The van der Waals surface area contributed by atoms with Gasteiger partial charge in [-0.2, -0.15) is 0 Å². The quantitative estimate of drug-likeness (QED) is 0.303. The molecule has 3 aromatic rings. The number of imidazole rings is 1. The molecule has 0 saturated carbocycles. The first-order chi connectivity index (χ1) is 16.1. The summed E-state index contributed by atoms with van der Waals surface area (Å²) in [6.45, 7) is 4.77. The standard InChI is InChI=1S/C25H26Cl2N4O3/c1-14-7-5-11-30-20(15(2)28-24(14)30)22(32)19-21(16-8-9-17(26)18(27)13-16)31(25(34)23(19)33)12-6-10-29(3)4/h5,7-9,11,13,21,32H,6,10,12H2,1-4H3/b22-19+/t21-/m1/s1. The second-order valence-electron chi connectivity index (χ2n) is 8.75. The fourth-order valence-corrected chi connectivity index (χ4v) is 4.73. The van der Waals surface area contributed by atoms with Gasteiger partial charge in [-0.15, -0.1) is 0 Å². The first kappa shape index (κ1) is 24.3. The lowest BCUT2D eigenvalue weighted by Crippen LogP contribution is -2.32. The molecule has 1 atom stereocenters. The van der Waals surface area contributed by atoms with Crippen molar-refractivity contribution in [2.45, 2.75) is 26.3 Å². The lowest BCUT2D eigenvalue weighted by Gasteiger charge is -2.26. The van der Waals surface area contributed by atoms with Crippen molar-refractivity contribution < 1.29 is 14.7 Å². The van der Waals surface area contributed by atoms with Crippen LogP contribution in [-0.4, -0.2) is 63.2 Å². The first-order valence-electron chi connectivity index (χ1n) is 10.9. The maximum atomic E-state index is 13.3. The van der Waals surface area contributed by atoms with Crippen molar-refractivity contribution in [3.05, 3.63) is 74.7 Å². The molecule has 1 amide bonds. The molecule has 1 aliphatic rings. The highest BCUT2D eigenvalue weighted by atomic mass is 35.5. The van der Waals surface area contributed by atoms with Crippen LogP contribution in [0.1, 0.15) is 35.0 Å². The van der Waals surface area contributed by atoms with Crippen molar-refractivity contribution in [3.8, 4) is 0 Å². The SMILES string of the molecule is Cc1nc2c(C)cccn2c1/C(O)=C1\C(=O)C(=O)N(CCCN(C)C)[C@@H]1c1ccc(Cl)c(Cl)c1. The van der Waals surface area contributed by atoms with Crippen LogP contribution in [-0.2, 0) is 9.59 Å². The number of fused-ring (bicyclic) bond motifs is 1. The Labute approximate surface area is 208 Å². The van der Waals surface area contributed by atoms with Gasteiger partial charge in [0.05, 0.1) is 27.4 Å². The Kier molecular flexibility index (Phi) is 6.71. The van der Waals surface area contributed by atoms with E-state index in [1.807, 2.05) is 38.1 Å². The number of aliphatic hydroxyl groups excluding tert-OH is 1. The molecule has 0 unspecified atom stereocenters. The maximum absolute atomic E-state index is 13.3. The maximum Gasteiger partial charge on any atom is 0.295 e. The predicted molar refractivity (Wildman–Crippen MR) is 133 cm³/mol. The third kappa shape index (κ3) is 4.19. The highest BCUT2D eigenvalue weighted by Crippen LogP contribution is 2.41. The van der Waals surface area contributed by atoms with Crippen molar-refractivity contribution in [3.63, 3.8) is 0 Å². The van der Waals surface area contributed by atoms with Crippen LogP contribution in [0.5, 0.6) is 0 Å². The Morgan fingerprint density at radius 1 is 1.15 bits per heavy atom. The Morgan fingerprint density at radius 3 is 2.56 bits per heavy atom. The number of nitrogens with zero attached hydrogens (tertiary/aromatic N) is 4. The molecule has 1 fully saturated rings. The Hall–Kier alpha value is -2.87. The average Bonchev–Trinajstić information content (AvgIpc) is 3.25. The molecule has 9 heteroatoms. The number of hydrogen-bond acceptors (Lipinski definition) is 5. The zero-order chi connectivity index (χ0) is 24.7. The van der Waals surface area contributed by atoms with Gasteiger partial charge in [-0.1, -0.05) is 35.3 Å². The average molecular weight is 501 g/mol. The van der Waals surface area contributed by atoms with Crippen LogP contribution in [0.3, 0.4) is 0 Å². The molecule has 1 saturated heterocycles. The molecule has 0 aliphatic carbocycles. The van der Waals surface area contributed by atoms with E-state index in [1.54, 1.807) is 35.7 Å². The number of halogens is 2. The molecule has 34 heavy (non-hydrogen) atoms. The zero-order valence-corrected chi connectivity index (χ0v) is 21.0. The predicted octanol–water partition coefficient (Wildman–Crippen LogP) is 4.63. The van der Waals surface area contributed by atoms with E-state index in [4.69, 9.17) is 23.2 Å². The Balaban J connectivity index is 1.91. The summed E-state index contributed by atoms with van der Waals surface area (Å²) in [5, 5.41) is 12.2. The number of benzene rings is 1. The van der Waals surface area contributed by atoms with Gasteiger partial charge in [0.15, 0.2) is 5.76 Å². The number of pyridine rings is 1. The van der Waals surface area contributed by atoms with Crippen LogP contribution in [0.25, 0.3) is 11.4 Å². The zero-order valence-electron chi connectivity index (χ0n) is 19.5. The van der Waals surface area contributed by atoms with Gasteiger partial charge in [0, 0.05) is 12.7 Å². The Bertz CT molecular complexity index is 1330. The molecule has 2 aromatic heterocycles. The first-order valence-corrected chi connectivity index (χ1v) is 11.7. The number of carbonyl (C=O) groups is 2. The molecule has 0 spiro atoms. The van der Waals surface area contributed by atoms with Crippen LogP contribution in [0.15, 0.2) is 42.1 Å². The van der Waals surface area contributed by atoms with Gasteiger partial charge in [-0.3, -0.25) is 14.0 Å². The second-order valence-corrected chi connectivity index (χ2v) is 9.57. The molecule has 1 aliphatic heterocycles. The molecule has 7 nitrogen and oxygen atoms in total. The number of Topliss-reactive ketones (excluding diaryl/α,β-unsaturated/α-hetero) is 1. The molecular formula is C25H26Cl2N4O3. The summed E-state index contributed by atoms with van der Waals surface area (Å²) in [6.07, 6.45) is 2.43. The lowest BCUT2D eigenvalue weighted by molar-refractivity contribution is -0.139. The molecule has 1 N–H and O–H groups in total. The van der Waals surface area contributed by atoms with E-state index in [0.29, 0.717) is 45.6 Å². The summed E-state index contributed by atoms with van der Waals surface area (Å²) < 4.78 is 1.74. The Morgan fingerprint density at radius 2 is 1.88 bits per heavy atom. The molecule has 0 bridgehead atoms. The third-order valence-corrected chi connectivity index (χ3v) is 6.79. The van der Waals surface area contributed by atoms with Crippen LogP contribution < -0.4 is 0 Å². The summed E-state index contributed by atoms with van der Waals surface area (Å²) in [5.74, 6) is -1.65. The number of carbonyl (C=O) groups excluding carboxylic acids is 2. The van der Waals surface area contributed by atoms with E-state index in [1.165, 1.54) is 4.90 Å². The largest absolute Gasteiger partial charge is 0.505 e. The van der Waals surface area contributed by atoms with Gasteiger partial charge in [0.2, 0.25) is 0 Å². The number of aryl methyl sites for hydroxylation is 2. The minimum atomic E-state index is -0.799. The smallest absolute Gasteiger partial charge is 0.295 e. The van der Waals surface area contributed by atoms with Crippen LogP contribution in [0.2, 0.25) is 10.0 Å². The lowest BCUT2D eigenvalue weighted by atomic mass is 9.96. The van der Waals surface area contributed by atoms with Gasteiger partial charge < -0.3 is 14.9 Å². The number of ketones is 1. The molecule has 3 heterocycles. The summed E-state index contributed by atoms with van der Waals surface area (Å²) in [7, 11) is 3.89. The van der Waals surface area contributed by atoms with Crippen molar-refractivity contribution >= 4 is 46.3 Å². The van der Waals surface area contributed by atoms with Crippen LogP contribution in [0.4, 0.5) is 0 Å². The molecule has 4 rings (SSSR count). The summed E-state index contributed by atoms with van der Waals surface area (Å²) in [5.41, 5.74) is 3.15. The van der Waals surface area contributed by atoms with Gasteiger partial charge >= 0.3 is 0 Å². The third-order valence-electron chi connectivity index (χ3n) is 6.05. The van der Waals surface area contributed by atoms with E-state index < -0.39 is 17.7 Å². The topological polar surface area (TPSA) is 78.1 Å². The second kappa shape index (κ2) is 9.41. The van der Waals surface area contributed by atoms with Crippen molar-refractivity contribution in [1.82, 2.24) is 19.2 Å². The van der Waals surface area contributed by atoms with Gasteiger partial charge in [0.1, 0.15) is 11.3 Å². The monoisotopic (exact) mass is 500 g/mol. The normalized spacial score (nSPS) is 18.0. The van der Waals surface area contributed by atoms with Crippen LogP contribution >= 0.6 is 23.2 Å². The van der Waals surface area contributed by atoms with E-state index >= 15 is 0 Å².